The summed E-state index contributed by atoms with van der Waals surface area (Å²) in [5.74, 6) is -0.255. The lowest BCUT2D eigenvalue weighted by Gasteiger charge is -2.27. The Kier molecular flexibility index (Phi) is 4.22. The lowest BCUT2D eigenvalue weighted by molar-refractivity contribution is -0.145. The highest BCUT2D eigenvalue weighted by molar-refractivity contribution is 5.77. The van der Waals surface area contributed by atoms with E-state index >= 15 is 0 Å². The number of methoxy groups -OCH3 is 1. The second kappa shape index (κ2) is 5.72. The van der Waals surface area contributed by atoms with Gasteiger partial charge in [-0.15, -0.1) is 0 Å². The van der Waals surface area contributed by atoms with Gasteiger partial charge in [0, 0.05) is 0 Å². The SMILES string of the molecule is COC(=O)[C@@H](N[C@@H](CO)c1ccccc1)C1(C)CC1. The second-order valence-corrected chi connectivity index (χ2v) is 5.42. The van der Waals surface area contributed by atoms with Crippen LogP contribution in [0.1, 0.15) is 31.4 Å². The van der Waals surface area contributed by atoms with Gasteiger partial charge in [0.05, 0.1) is 19.8 Å². The normalized spacial score (nSPS) is 19.5. The average Bonchev–Trinajstić information content (AvgIpc) is 3.19. The summed E-state index contributed by atoms with van der Waals surface area (Å²) >= 11 is 0. The molecule has 4 heteroatoms. The van der Waals surface area contributed by atoms with Gasteiger partial charge in [0.1, 0.15) is 6.04 Å². The van der Waals surface area contributed by atoms with E-state index in [-0.39, 0.29) is 30.1 Å². The van der Waals surface area contributed by atoms with E-state index in [1.54, 1.807) is 0 Å². The van der Waals surface area contributed by atoms with E-state index in [1.165, 1.54) is 7.11 Å². The van der Waals surface area contributed by atoms with Crippen molar-refractivity contribution in [2.45, 2.75) is 31.8 Å². The first-order valence-electron chi connectivity index (χ1n) is 6.60. The highest BCUT2D eigenvalue weighted by atomic mass is 16.5. The number of carbonyl (C=O) groups excluding carboxylic acids is 1. The molecule has 0 heterocycles. The van der Waals surface area contributed by atoms with Gasteiger partial charge in [-0.05, 0) is 23.8 Å². The summed E-state index contributed by atoms with van der Waals surface area (Å²) in [5, 5.41) is 12.8. The van der Waals surface area contributed by atoms with Crippen molar-refractivity contribution in [3.8, 4) is 0 Å². The molecule has 0 bridgehead atoms. The molecule has 0 aromatic heterocycles. The van der Waals surface area contributed by atoms with Crippen LogP contribution >= 0.6 is 0 Å². The number of aliphatic hydroxyl groups is 1. The number of hydrogen-bond donors (Lipinski definition) is 2. The minimum absolute atomic E-state index is 0.0463. The van der Waals surface area contributed by atoms with Crippen LogP contribution in [0.5, 0.6) is 0 Å². The highest BCUT2D eigenvalue weighted by Gasteiger charge is 2.49. The van der Waals surface area contributed by atoms with Crippen LogP contribution in [-0.2, 0) is 9.53 Å². The van der Waals surface area contributed by atoms with Crippen LogP contribution < -0.4 is 5.32 Å². The summed E-state index contributed by atoms with van der Waals surface area (Å²) in [6.07, 6.45) is 2.01. The molecule has 1 aliphatic rings. The van der Waals surface area contributed by atoms with Gasteiger partial charge < -0.3 is 9.84 Å². The van der Waals surface area contributed by atoms with Crippen molar-refractivity contribution in [1.29, 1.82) is 0 Å². The van der Waals surface area contributed by atoms with Gasteiger partial charge >= 0.3 is 5.97 Å². The molecule has 2 atom stereocenters. The third kappa shape index (κ3) is 3.14. The Balaban J connectivity index is 2.13. The van der Waals surface area contributed by atoms with Gasteiger partial charge in [0.25, 0.3) is 0 Å². The van der Waals surface area contributed by atoms with Crippen molar-refractivity contribution in [2.75, 3.05) is 13.7 Å². The summed E-state index contributed by atoms with van der Waals surface area (Å²) in [6.45, 7) is 2.02. The number of aliphatic hydroxyl groups excluding tert-OH is 1. The topological polar surface area (TPSA) is 58.6 Å². The number of rotatable bonds is 6. The quantitative estimate of drug-likeness (QED) is 0.766. The average molecular weight is 263 g/mol. The summed E-state index contributed by atoms with van der Waals surface area (Å²) in [7, 11) is 1.40. The van der Waals surface area contributed by atoms with Crippen LogP contribution in [0, 0.1) is 5.41 Å². The van der Waals surface area contributed by atoms with Gasteiger partial charge in [-0.1, -0.05) is 37.3 Å². The number of benzene rings is 1. The number of carbonyl (C=O) groups is 1. The van der Waals surface area contributed by atoms with E-state index in [4.69, 9.17) is 4.74 Å². The van der Waals surface area contributed by atoms with Gasteiger partial charge in [0.15, 0.2) is 0 Å². The van der Waals surface area contributed by atoms with Gasteiger partial charge in [0.2, 0.25) is 0 Å². The van der Waals surface area contributed by atoms with Crippen LogP contribution in [0.15, 0.2) is 30.3 Å². The standard InChI is InChI=1S/C15H21NO3/c1-15(8-9-15)13(14(18)19-2)16-12(10-17)11-6-4-3-5-7-11/h3-7,12-13,16-17H,8-10H2,1-2H3/t12-,13+/m0/s1. The molecule has 2 rings (SSSR count). The number of esters is 1. The maximum Gasteiger partial charge on any atom is 0.323 e. The van der Waals surface area contributed by atoms with Crippen LogP contribution in [0.2, 0.25) is 0 Å². The molecule has 1 saturated carbocycles. The minimum Gasteiger partial charge on any atom is -0.468 e. The van der Waals surface area contributed by atoms with E-state index in [9.17, 15) is 9.90 Å². The first kappa shape index (κ1) is 14.0. The molecule has 0 aliphatic heterocycles. The molecule has 1 aromatic carbocycles. The smallest absolute Gasteiger partial charge is 0.323 e. The fourth-order valence-electron chi connectivity index (χ4n) is 2.30. The molecule has 0 unspecified atom stereocenters. The molecule has 0 radical (unpaired) electrons. The summed E-state index contributed by atoms with van der Waals surface area (Å²) in [4.78, 5) is 11.9. The third-order valence-corrected chi connectivity index (χ3v) is 3.92. The molecule has 1 aromatic rings. The molecule has 0 amide bonds. The Morgan fingerprint density at radius 2 is 2.05 bits per heavy atom. The monoisotopic (exact) mass is 263 g/mol. The van der Waals surface area contributed by atoms with Crippen molar-refractivity contribution in [3.05, 3.63) is 35.9 Å². The predicted molar refractivity (Wildman–Crippen MR) is 72.5 cm³/mol. The number of ether oxygens (including phenoxy) is 1. The molecular weight excluding hydrogens is 242 g/mol. The van der Waals surface area contributed by atoms with Crippen LogP contribution in [0.4, 0.5) is 0 Å². The number of nitrogens with one attached hydrogen (secondary N) is 1. The lowest BCUT2D eigenvalue weighted by atomic mass is 9.96. The maximum atomic E-state index is 11.9. The Hall–Kier alpha value is -1.39. The van der Waals surface area contributed by atoms with Crippen molar-refractivity contribution in [2.24, 2.45) is 5.41 Å². The van der Waals surface area contributed by atoms with Gasteiger partial charge in [-0.2, -0.15) is 0 Å². The predicted octanol–water partition coefficient (Wildman–Crippen LogP) is 1.65. The molecule has 2 N–H and O–H groups in total. The molecule has 0 spiro atoms. The summed E-state index contributed by atoms with van der Waals surface area (Å²) in [6, 6.07) is 9.04. The van der Waals surface area contributed by atoms with Crippen LogP contribution in [-0.4, -0.2) is 30.8 Å². The fraction of sp³-hybridized carbons (Fsp3) is 0.533. The van der Waals surface area contributed by atoms with Gasteiger partial charge in [-0.25, -0.2) is 0 Å². The molecule has 0 saturated heterocycles. The van der Waals surface area contributed by atoms with E-state index in [0.29, 0.717) is 0 Å². The highest BCUT2D eigenvalue weighted by Crippen LogP contribution is 2.48. The van der Waals surface area contributed by atoms with E-state index in [2.05, 4.69) is 12.2 Å². The first-order chi connectivity index (χ1) is 9.10. The zero-order valence-corrected chi connectivity index (χ0v) is 11.4. The van der Waals surface area contributed by atoms with Crippen molar-refractivity contribution in [3.63, 3.8) is 0 Å². The maximum absolute atomic E-state index is 11.9. The van der Waals surface area contributed by atoms with E-state index in [0.717, 1.165) is 18.4 Å². The molecule has 1 fully saturated rings. The summed E-state index contributed by atoms with van der Waals surface area (Å²) in [5.41, 5.74) is 0.929. The summed E-state index contributed by atoms with van der Waals surface area (Å²) < 4.78 is 4.88. The van der Waals surface area contributed by atoms with Crippen LogP contribution in [0.25, 0.3) is 0 Å². The Morgan fingerprint density at radius 3 is 2.53 bits per heavy atom. The third-order valence-electron chi connectivity index (χ3n) is 3.92. The Labute approximate surface area is 113 Å². The lowest BCUT2D eigenvalue weighted by Crippen LogP contribution is -2.46. The van der Waals surface area contributed by atoms with Crippen molar-refractivity contribution >= 4 is 5.97 Å². The molecule has 1 aliphatic carbocycles. The largest absolute Gasteiger partial charge is 0.468 e. The molecule has 19 heavy (non-hydrogen) atoms. The zero-order chi connectivity index (χ0) is 13.9. The fourth-order valence-corrected chi connectivity index (χ4v) is 2.30. The Bertz CT molecular complexity index is 428. The first-order valence-corrected chi connectivity index (χ1v) is 6.60. The minimum atomic E-state index is -0.366. The molecule has 4 nitrogen and oxygen atoms in total. The van der Waals surface area contributed by atoms with Gasteiger partial charge in [-0.3, -0.25) is 10.1 Å². The van der Waals surface area contributed by atoms with Crippen molar-refractivity contribution < 1.29 is 14.6 Å². The molecular formula is C15H21NO3. The van der Waals surface area contributed by atoms with Crippen LogP contribution in [0.3, 0.4) is 0 Å². The zero-order valence-electron chi connectivity index (χ0n) is 11.4. The Morgan fingerprint density at radius 1 is 1.42 bits per heavy atom. The van der Waals surface area contributed by atoms with E-state index < -0.39 is 0 Å². The number of hydrogen-bond acceptors (Lipinski definition) is 4. The van der Waals surface area contributed by atoms with Crippen molar-refractivity contribution in [1.82, 2.24) is 5.32 Å². The van der Waals surface area contributed by atoms with E-state index in [1.807, 2.05) is 30.3 Å². The second-order valence-electron chi connectivity index (χ2n) is 5.42. The molecule has 104 valence electrons.